The number of rotatable bonds is 5. The van der Waals surface area contributed by atoms with E-state index in [9.17, 15) is 0 Å². The Morgan fingerprint density at radius 3 is 3.00 bits per heavy atom. The highest BCUT2D eigenvalue weighted by atomic mass is 15.3. The van der Waals surface area contributed by atoms with Crippen LogP contribution in [-0.4, -0.2) is 50.4 Å². The van der Waals surface area contributed by atoms with Crippen molar-refractivity contribution >= 4 is 17.0 Å². The van der Waals surface area contributed by atoms with Gasteiger partial charge in [0, 0.05) is 25.8 Å². The summed E-state index contributed by atoms with van der Waals surface area (Å²) < 4.78 is 2.38. The maximum Gasteiger partial charge on any atom is 0.204 e. The van der Waals surface area contributed by atoms with E-state index >= 15 is 0 Å². The summed E-state index contributed by atoms with van der Waals surface area (Å²) in [6, 6.07) is 12.9. The lowest BCUT2D eigenvalue weighted by Gasteiger charge is -2.34. The number of nitrogens with one attached hydrogen (secondary N) is 2. The van der Waals surface area contributed by atoms with Crippen LogP contribution < -0.4 is 5.32 Å². The number of para-hydroxylation sites is 2. The van der Waals surface area contributed by atoms with E-state index in [1.54, 1.807) is 0 Å². The molecule has 0 saturated carbocycles. The lowest BCUT2D eigenvalue weighted by atomic mass is 9.91. The second-order valence-corrected chi connectivity index (χ2v) is 9.54. The minimum Gasteiger partial charge on any atom is -0.342 e. The Labute approximate surface area is 200 Å². The van der Waals surface area contributed by atoms with Crippen LogP contribution in [0.5, 0.6) is 0 Å². The SMILES string of the molecule is CN(Cc1nc2ccccc2n1C[C@H]1CCCN(C(=N)NC#N)C1)[C@H]1CCCc2cccnc21. The van der Waals surface area contributed by atoms with Crippen molar-refractivity contribution in [3.63, 3.8) is 0 Å². The predicted molar refractivity (Wildman–Crippen MR) is 132 cm³/mol. The molecular formula is C26H32N8. The minimum atomic E-state index is 0.200. The Balaban J connectivity index is 1.39. The molecule has 2 aliphatic rings. The minimum absolute atomic E-state index is 0.200. The van der Waals surface area contributed by atoms with E-state index in [0.29, 0.717) is 12.0 Å². The number of nitriles is 1. The van der Waals surface area contributed by atoms with Crippen LogP contribution >= 0.6 is 0 Å². The summed E-state index contributed by atoms with van der Waals surface area (Å²) >= 11 is 0. The number of aryl methyl sites for hydroxylation is 1. The van der Waals surface area contributed by atoms with Gasteiger partial charge in [-0.2, -0.15) is 5.26 Å². The molecule has 8 nitrogen and oxygen atoms in total. The zero-order chi connectivity index (χ0) is 23.5. The van der Waals surface area contributed by atoms with Gasteiger partial charge < -0.3 is 9.47 Å². The molecule has 34 heavy (non-hydrogen) atoms. The molecule has 0 unspecified atom stereocenters. The Kier molecular flexibility index (Phi) is 6.45. The fourth-order valence-corrected chi connectivity index (χ4v) is 5.60. The van der Waals surface area contributed by atoms with Gasteiger partial charge in [0.25, 0.3) is 0 Å². The van der Waals surface area contributed by atoms with Gasteiger partial charge in [0.15, 0.2) is 6.19 Å². The number of hydrogen-bond donors (Lipinski definition) is 2. The first-order valence-corrected chi connectivity index (χ1v) is 12.2. The third-order valence-electron chi connectivity index (χ3n) is 7.27. The molecule has 0 bridgehead atoms. The molecule has 3 aromatic rings. The average molecular weight is 457 g/mol. The van der Waals surface area contributed by atoms with Crippen LogP contribution in [0.2, 0.25) is 0 Å². The normalized spacial score (nSPS) is 20.2. The lowest BCUT2D eigenvalue weighted by Crippen LogP contribution is -2.45. The number of pyridine rings is 1. The number of imidazole rings is 1. The molecule has 1 fully saturated rings. The van der Waals surface area contributed by atoms with Crippen molar-refractivity contribution in [3.05, 3.63) is 59.7 Å². The summed E-state index contributed by atoms with van der Waals surface area (Å²) in [5.41, 5.74) is 4.77. The molecule has 8 heteroatoms. The van der Waals surface area contributed by atoms with Gasteiger partial charge in [-0.05, 0) is 68.8 Å². The second kappa shape index (κ2) is 9.82. The van der Waals surface area contributed by atoms with Crippen molar-refractivity contribution < 1.29 is 0 Å². The summed E-state index contributed by atoms with van der Waals surface area (Å²) in [4.78, 5) is 14.2. The molecule has 176 valence electrons. The number of likely N-dealkylation sites (tertiary alicyclic amines) is 1. The van der Waals surface area contributed by atoms with Gasteiger partial charge >= 0.3 is 0 Å². The quantitative estimate of drug-likeness (QED) is 0.263. The van der Waals surface area contributed by atoms with Crippen molar-refractivity contribution in [2.75, 3.05) is 20.1 Å². The maximum atomic E-state index is 8.90. The first-order valence-electron chi connectivity index (χ1n) is 12.2. The maximum absolute atomic E-state index is 8.90. The Morgan fingerprint density at radius 1 is 1.24 bits per heavy atom. The number of nitrogens with zero attached hydrogens (tertiary/aromatic N) is 6. The molecule has 2 atom stereocenters. The molecular weight excluding hydrogens is 424 g/mol. The van der Waals surface area contributed by atoms with Crippen LogP contribution in [0, 0.1) is 22.8 Å². The van der Waals surface area contributed by atoms with E-state index in [2.05, 4.69) is 46.1 Å². The Morgan fingerprint density at radius 2 is 2.12 bits per heavy atom. The zero-order valence-corrected chi connectivity index (χ0v) is 19.7. The molecule has 2 aromatic heterocycles. The van der Waals surface area contributed by atoms with Gasteiger partial charge in [0.2, 0.25) is 5.96 Å². The highest BCUT2D eigenvalue weighted by molar-refractivity contribution is 5.78. The predicted octanol–water partition coefficient (Wildman–Crippen LogP) is 3.66. The standard InChI is InChI=1S/C26H32N8/c1-32(23-12-4-8-20-9-5-13-29-25(20)23)17-24-31-21-10-2-3-11-22(21)34(24)16-19-7-6-14-33(15-19)26(28)30-18-27/h2-3,5,9-11,13,19,23H,4,6-8,12,14-17H2,1H3,(H2,28,30)/t19-,23-/m0/s1. The van der Waals surface area contributed by atoms with Gasteiger partial charge in [-0.3, -0.25) is 20.6 Å². The van der Waals surface area contributed by atoms with Crippen LogP contribution in [0.3, 0.4) is 0 Å². The van der Waals surface area contributed by atoms with Crippen molar-refractivity contribution in [3.8, 4) is 6.19 Å². The molecule has 1 aliphatic heterocycles. The number of hydrogen-bond acceptors (Lipinski definition) is 5. The van der Waals surface area contributed by atoms with E-state index in [0.717, 1.165) is 68.7 Å². The van der Waals surface area contributed by atoms with Crippen molar-refractivity contribution in [1.29, 1.82) is 10.7 Å². The summed E-state index contributed by atoms with van der Waals surface area (Å²) in [5.74, 6) is 1.67. The van der Waals surface area contributed by atoms with Crippen molar-refractivity contribution in [1.82, 2.24) is 29.7 Å². The van der Waals surface area contributed by atoms with Crippen LogP contribution in [0.1, 0.15) is 48.8 Å². The van der Waals surface area contributed by atoms with Crippen LogP contribution in [-0.2, 0) is 19.5 Å². The first-order chi connectivity index (χ1) is 16.6. The topological polar surface area (TPSA) is 96.9 Å². The van der Waals surface area contributed by atoms with Gasteiger partial charge in [0.1, 0.15) is 5.82 Å². The number of fused-ring (bicyclic) bond motifs is 2. The highest BCUT2D eigenvalue weighted by Gasteiger charge is 2.28. The average Bonchev–Trinajstić information content (AvgIpc) is 3.20. The number of aromatic nitrogens is 3. The monoisotopic (exact) mass is 456 g/mol. The molecule has 2 N–H and O–H groups in total. The first kappa shape index (κ1) is 22.4. The zero-order valence-electron chi connectivity index (χ0n) is 19.7. The van der Waals surface area contributed by atoms with Crippen molar-refractivity contribution in [2.24, 2.45) is 5.92 Å². The third-order valence-corrected chi connectivity index (χ3v) is 7.27. The number of piperidine rings is 1. The van der Waals surface area contributed by atoms with Crippen LogP contribution in [0.4, 0.5) is 0 Å². The smallest absolute Gasteiger partial charge is 0.204 e. The molecule has 1 aliphatic carbocycles. The largest absolute Gasteiger partial charge is 0.342 e. The fourth-order valence-electron chi connectivity index (χ4n) is 5.60. The van der Waals surface area contributed by atoms with E-state index in [1.807, 2.05) is 29.4 Å². The number of guanidine groups is 1. The molecule has 0 spiro atoms. The van der Waals surface area contributed by atoms with Crippen LogP contribution in [0.25, 0.3) is 11.0 Å². The second-order valence-electron chi connectivity index (χ2n) is 9.54. The van der Waals surface area contributed by atoms with E-state index < -0.39 is 0 Å². The molecule has 1 aromatic carbocycles. The van der Waals surface area contributed by atoms with Crippen molar-refractivity contribution in [2.45, 2.75) is 51.2 Å². The summed E-state index contributed by atoms with van der Waals surface area (Å²) in [7, 11) is 2.19. The van der Waals surface area contributed by atoms with Gasteiger partial charge in [0.05, 0.1) is 29.3 Å². The van der Waals surface area contributed by atoms with E-state index in [4.69, 9.17) is 20.6 Å². The molecule has 5 rings (SSSR count). The van der Waals surface area contributed by atoms with Crippen LogP contribution in [0.15, 0.2) is 42.6 Å². The molecule has 3 heterocycles. The highest BCUT2D eigenvalue weighted by Crippen LogP contribution is 2.33. The number of benzene rings is 1. The van der Waals surface area contributed by atoms with Gasteiger partial charge in [-0.1, -0.05) is 18.2 Å². The fraction of sp³-hybridized carbons (Fsp3) is 0.462. The molecule has 0 amide bonds. The lowest BCUT2D eigenvalue weighted by molar-refractivity contribution is 0.196. The Hall–Kier alpha value is -3.44. The van der Waals surface area contributed by atoms with Gasteiger partial charge in [-0.15, -0.1) is 0 Å². The molecule has 1 saturated heterocycles. The summed E-state index contributed by atoms with van der Waals surface area (Å²) in [6.07, 6.45) is 9.33. The summed E-state index contributed by atoms with van der Waals surface area (Å²) in [5, 5.41) is 19.5. The van der Waals surface area contributed by atoms with Gasteiger partial charge in [-0.25, -0.2) is 4.98 Å². The van der Waals surface area contributed by atoms with E-state index in [1.165, 1.54) is 17.7 Å². The third kappa shape index (κ3) is 4.48. The summed E-state index contributed by atoms with van der Waals surface area (Å²) in [6.45, 7) is 3.21. The molecule has 0 radical (unpaired) electrons. The Bertz CT molecular complexity index is 1210. The van der Waals surface area contributed by atoms with E-state index in [-0.39, 0.29) is 5.96 Å².